The minimum atomic E-state index is -0.359. The normalized spacial score (nSPS) is 10.2. The van der Waals surface area contributed by atoms with Gasteiger partial charge in [0.15, 0.2) is 0 Å². The van der Waals surface area contributed by atoms with E-state index in [1.165, 1.54) is 16.8 Å². The van der Waals surface area contributed by atoms with Gasteiger partial charge in [-0.2, -0.15) is 0 Å². The standard InChI is InChI=1S/C14H15N3O2/c1-10-5-2-3-7-12(10)16-13(18)9-17-8-4-6-11(15)14(17)19/h2-8H,9,15H2,1H3,(H,16,18). The van der Waals surface area contributed by atoms with Gasteiger partial charge in [-0.15, -0.1) is 0 Å². The number of nitrogens with one attached hydrogen (secondary N) is 1. The van der Waals surface area contributed by atoms with Gasteiger partial charge in [0, 0.05) is 11.9 Å². The molecule has 0 unspecified atom stereocenters. The van der Waals surface area contributed by atoms with Crippen LogP contribution in [0.1, 0.15) is 5.56 Å². The maximum absolute atomic E-state index is 11.9. The third-order valence-electron chi connectivity index (χ3n) is 2.78. The van der Waals surface area contributed by atoms with Crippen molar-refractivity contribution >= 4 is 17.3 Å². The van der Waals surface area contributed by atoms with E-state index in [9.17, 15) is 9.59 Å². The molecule has 19 heavy (non-hydrogen) atoms. The maximum atomic E-state index is 11.9. The number of hydrogen-bond acceptors (Lipinski definition) is 3. The van der Waals surface area contributed by atoms with Crippen molar-refractivity contribution < 1.29 is 4.79 Å². The van der Waals surface area contributed by atoms with Crippen LogP contribution >= 0.6 is 0 Å². The fourth-order valence-corrected chi connectivity index (χ4v) is 1.74. The lowest BCUT2D eigenvalue weighted by molar-refractivity contribution is -0.116. The number of aromatic nitrogens is 1. The van der Waals surface area contributed by atoms with Gasteiger partial charge in [-0.3, -0.25) is 9.59 Å². The number of aryl methyl sites for hydroxylation is 1. The summed E-state index contributed by atoms with van der Waals surface area (Å²) in [7, 11) is 0. The zero-order valence-electron chi connectivity index (χ0n) is 10.6. The molecule has 5 heteroatoms. The van der Waals surface area contributed by atoms with E-state index in [4.69, 9.17) is 5.73 Å². The van der Waals surface area contributed by atoms with E-state index in [2.05, 4.69) is 5.32 Å². The molecular weight excluding hydrogens is 242 g/mol. The van der Waals surface area contributed by atoms with Crippen LogP contribution in [0.3, 0.4) is 0 Å². The number of hydrogen-bond donors (Lipinski definition) is 2. The molecule has 0 fully saturated rings. The Kier molecular flexibility index (Phi) is 3.66. The van der Waals surface area contributed by atoms with Gasteiger partial charge >= 0.3 is 0 Å². The summed E-state index contributed by atoms with van der Waals surface area (Å²) in [6.07, 6.45) is 1.54. The molecule has 0 aliphatic carbocycles. The summed E-state index contributed by atoms with van der Waals surface area (Å²) >= 11 is 0. The highest BCUT2D eigenvalue weighted by Gasteiger charge is 2.07. The zero-order valence-corrected chi connectivity index (χ0v) is 10.6. The summed E-state index contributed by atoms with van der Waals surface area (Å²) in [5.41, 5.74) is 6.99. The number of nitrogens with two attached hydrogens (primary N) is 1. The smallest absolute Gasteiger partial charge is 0.274 e. The van der Waals surface area contributed by atoms with Crippen LogP contribution in [-0.2, 0) is 11.3 Å². The molecule has 1 aromatic heterocycles. The van der Waals surface area contributed by atoms with Gasteiger partial charge in [-0.05, 0) is 30.7 Å². The highest BCUT2D eigenvalue weighted by atomic mass is 16.2. The van der Waals surface area contributed by atoms with Crippen LogP contribution < -0.4 is 16.6 Å². The summed E-state index contributed by atoms with van der Waals surface area (Å²) in [5.74, 6) is -0.262. The maximum Gasteiger partial charge on any atom is 0.274 e. The van der Waals surface area contributed by atoms with Crippen molar-refractivity contribution in [1.29, 1.82) is 0 Å². The molecule has 0 aliphatic rings. The number of pyridine rings is 1. The fraction of sp³-hybridized carbons (Fsp3) is 0.143. The summed E-state index contributed by atoms with van der Waals surface area (Å²) in [6, 6.07) is 10.6. The highest BCUT2D eigenvalue weighted by Crippen LogP contribution is 2.12. The van der Waals surface area contributed by atoms with Gasteiger partial charge in [0.05, 0.1) is 5.69 Å². The molecule has 1 heterocycles. The van der Waals surface area contributed by atoms with Crippen molar-refractivity contribution in [2.24, 2.45) is 0 Å². The molecule has 2 rings (SSSR count). The second-order valence-electron chi connectivity index (χ2n) is 4.26. The van der Waals surface area contributed by atoms with E-state index in [1.807, 2.05) is 31.2 Å². The van der Waals surface area contributed by atoms with Crippen LogP contribution in [0, 0.1) is 6.92 Å². The predicted octanol–water partition coefficient (Wildman–Crippen LogP) is 1.38. The van der Waals surface area contributed by atoms with Gasteiger partial charge in [-0.1, -0.05) is 18.2 Å². The van der Waals surface area contributed by atoms with E-state index in [-0.39, 0.29) is 23.7 Å². The van der Waals surface area contributed by atoms with Gasteiger partial charge in [0.2, 0.25) is 5.91 Å². The number of amides is 1. The summed E-state index contributed by atoms with van der Waals surface area (Å²) in [4.78, 5) is 23.6. The van der Waals surface area contributed by atoms with Gasteiger partial charge < -0.3 is 15.6 Å². The number of anilines is 2. The first kappa shape index (κ1) is 12.9. The summed E-state index contributed by atoms with van der Waals surface area (Å²) < 4.78 is 1.28. The van der Waals surface area contributed by atoms with Crippen LogP contribution in [0.15, 0.2) is 47.4 Å². The molecule has 0 saturated heterocycles. The molecule has 1 amide bonds. The number of benzene rings is 1. The van der Waals surface area contributed by atoms with E-state index in [1.54, 1.807) is 6.07 Å². The number of carbonyl (C=O) groups excluding carboxylic acids is 1. The van der Waals surface area contributed by atoms with Crippen molar-refractivity contribution in [2.75, 3.05) is 11.1 Å². The minimum absolute atomic E-state index is 0.0573. The van der Waals surface area contributed by atoms with Crippen LogP contribution in [0.4, 0.5) is 11.4 Å². The first-order valence-electron chi connectivity index (χ1n) is 5.88. The number of carbonyl (C=O) groups is 1. The molecule has 3 N–H and O–H groups in total. The van der Waals surface area contributed by atoms with E-state index in [0.29, 0.717) is 0 Å². The largest absolute Gasteiger partial charge is 0.394 e. The SMILES string of the molecule is Cc1ccccc1NC(=O)Cn1cccc(N)c1=O. The van der Waals surface area contributed by atoms with Crippen molar-refractivity contribution in [3.8, 4) is 0 Å². The Morgan fingerprint density at radius 1 is 1.26 bits per heavy atom. The molecule has 0 bridgehead atoms. The number of para-hydroxylation sites is 1. The quantitative estimate of drug-likeness (QED) is 0.872. The Labute approximate surface area is 110 Å². The second kappa shape index (κ2) is 5.39. The molecule has 5 nitrogen and oxygen atoms in total. The van der Waals surface area contributed by atoms with Crippen LogP contribution in [0.5, 0.6) is 0 Å². The highest BCUT2D eigenvalue weighted by molar-refractivity contribution is 5.91. The van der Waals surface area contributed by atoms with E-state index >= 15 is 0 Å². The Morgan fingerprint density at radius 2 is 2.00 bits per heavy atom. The van der Waals surface area contributed by atoms with Crippen LogP contribution in [0.2, 0.25) is 0 Å². The average molecular weight is 257 g/mol. The molecule has 98 valence electrons. The lowest BCUT2D eigenvalue weighted by Crippen LogP contribution is -2.28. The Balaban J connectivity index is 2.12. The average Bonchev–Trinajstić information content (AvgIpc) is 2.38. The minimum Gasteiger partial charge on any atom is -0.394 e. The summed E-state index contributed by atoms with van der Waals surface area (Å²) in [6.45, 7) is 1.85. The molecule has 0 aliphatic heterocycles. The second-order valence-corrected chi connectivity index (χ2v) is 4.26. The molecule has 0 saturated carbocycles. The monoisotopic (exact) mass is 257 g/mol. The third kappa shape index (κ3) is 3.01. The van der Waals surface area contributed by atoms with E-state index in [0.717, 1.165) is 11.3 Å². The number of nitrogen functional groups attached to an aromatic ring is 1. The number of rotatable bonds is 3. The van der Waals surface area contributed by atoms with Gasteiger partial charge in [0.1, 0.15) is 6.54 Å². The molecule has 0 spiro atoms. The molecule has 2 aromatic rings. The Hall–Kier alpha value is -2.56. The zero-order chi connectivity index (χ0) is 13.8. The van der Waals surface area contributed by atoms with Crippen molar-refractivity contribution in [1.82, 2.24) is 4.57 Å². The molecule has 0 radical (unpaired) electrons. The molecule has 1 aromatic carbocycles. The van der Waals surface area contributed by atoms with E-state index < -0.39 is 0 Å². The van der Waals surface area contributed by atoms with Gasteiger partial charge in [-0.25, -0.2) is 0 Å². The lowest BCUT2D eigenvalue weighted by atomic mass is 10.2. The predicted molar refractivity (Wildman–Crippen MR) is 74.9 cm³/mol. The summed E-state index contributed by atoms with van der Waals surface area (Å²) in [5, 5.41) is 2.77. The van der Waals surface area contributed by atoms with Crippen molar-refractivity contribution in [3.05, 3.63) is 58.5 Å². The van der Waals surface area contributed by atoms with Crippen molar-refractivity contribution in [2.45, 2.75) is 13.5 Å². The topological polar surface area (TPSA) is 77.1 Å². The Morgan fingerprint density at radius 3 is 2.74 bits per heavy atom. The lowest BCUT2D eigenvalue weighted by Gasteiger charge is -2.09. The third-order valence-corrected chi connectivity index (χ3v) is 2.78. The Bertz CT molecular complexity index is 662. The van der Waals surface area contributed by atoms with Crippen LogP contribution in [-0.4, -0.2) is 10.5 Å². The first-order valence-corrected chi connectivity index (χ1v) is 5.88. The number of nitrogens with zero attached hydrogens (tertiary/aromatic N) is 1. The van der Waals surface area contributed by atoms with Crippen molar-refractivity contribution in [3.63, 3.8) is 0 Å². The molecule has 0 atom stereocenters. The fourth-order valence-electron chi connectivity index (χ4n) is 1.74. The molecular formula is C14H15N3O2. The van der Waals surface area contributed by atoms with Crippen LogP contribution in [0.25, 0.3) is 0 Å². The van der Waals surface area contributed by atoms with Gasteiger partial charge in [0.25, 0.3) is 5.56 Å². The first-order chi connectivity index (χ1) is 9.08.